The lowest BCUT2D eigenvalue weighted by Crippen LogP contribution is -1.91. The van der Waals surface area contributed by atoms with Gasteiger partial charge in [-0.1, -0.05) is 24.6 Å². The van der Waals surface area contributed by atoms with Crippen LogP contribution in [0, 0.1) is 20.8 Å². The molecule has 0 aliphatic carbocycles. The second-order valence-electron chi connectivity index (χ2n) is 3.07. The molecule has 0 atom stereocenters. The quantitative estimate of drug-likeness (QED) is 0.572. The van der Waals surface area contributed by atoms with Crippen LogP contribution < -0.4 is 0 Å². The predicted octanol–water partition coefficient (Wildman–Crippen LogP) is 3.05. The van der Waals surface area contributed by atoms with E-state index in [2.05, 4.69) is 39.8 Å². The average Bonchev–Trinajstić information content (AvgIpc) is 1.96. The summed E-state index contributed by atoms with van der Waals surface area (Å²) in [6.45, 7) is 10.5. The molecule has 0 heteroatoms. The standard InChI is InChI=1S/C11H15/c1-5-11-7-8(2)6-9(3)10(11)4/h6-7H,4-5H2,1-3H3. The lowest BCUT2D eigenvalue weighted by atomic mass is 9.99. The second kappa shape index (κ2) is 3.08. The molecule has 11 heavy (non-hydrogen) atoms. The number of rotatable bonds is 1. The first-order chi connectivity index (χ1) is 5.15. The Hall–Kier alpha value is -0.780. The van der Waals surface area contributed by atoms with Gasteiger partial charge in [-0.3, -0.25) is 0 Å². The fourth-order valence-corrected chi connectivity index (χ4v) is 1.40. The third kappa shape index (κ3) is 1.62. The van der Waals surface area contributed by atoms with Gasteiger partial charge in [0, 0.05) is 0 Å². The first kappa shape index (κ1) is 8.32. The Morgan fingerprint density at radius 1 is 1.27 bits per heavy atom. The maximum Gasteiger partial charge on any atom is -0.0233 e. The first-order valence-electron chi connectivity index (χ1n) is 4.07. The Kier molecular flexibility index (Phi) is 2.33. The van der Waals surface area contributed by atoms with E-state index in [4.69, 9.17) is 0 Å². The molecule has 59 valence electrons. The van der Waals surface area contributed by atoms with Crippen molar-refractivity contribution in [3.63, 3.8) is 0 Å². The molecule has 0 aromatic heterocycles. The van der Waals surface area contributed by atoms with Crippen LogP contribution in [0.5, 0.6) is 0 Å². The van der Waals surface area contributed by atoms with E-state index in [1.165, 1.54) is 22.3 Å². The SMILES string of the molecule is [CH2]c1c(C)cc(C)cc1CC. The molecule has 1 aromatic rings. The van der Waals surface area contributed by atoms with Gasteiger partial charge in [0.2, 0.25) is 0 Å². The molecule has 0 fully saturated rings. The topological polar surface area (TPSA) is 0 Å². The summed E-state index contributed by atoms with van der Waals surface area (Å²) in [5, 5.41) is 0. The molecule has 1 aromatic carbocycles. The zero-order valence-corrected chi connectivity index (χ0v) is 7.57. The maximum atomic E-state index is 4.03. The Morgan fingerprint density at radius 2 is 1.91 bits per heavy atom. The zero-order valence-electron chi connectivity index (χ0n) is 7.57. The van der Waals surface area contributed by atoms with Crippen LogP contribution in [-0.4, -0.2) is 0 Å². The normalized spacial score (nSPS) is 10.2. The third-order valence-electron chi connectivity index (χ3n) is 2.09. The van der Waals surface area contributed by atoms with Crippen molar-refractivity contribution in [3.05, 3.63) is 41.3 Å². The highest BCUT2D eigenvalue weighted by molar-refractivity contribution is 5.39. The maximum absolute atomic E-state index is 4.03. The van der Waals surface area contributed by atoms with Crippen LogP contribution in [0.25, 0.3) is 0 Å². The summed E-state index contributed by atoms with van der Waals surface area (Å²) in [7, 11) is 0. The zero-order chi connectivity index (χ0) is 8.43. The minimum absolute atomic E-state index is 1.08. The van der Waals surface area contributed by atoms with E-state index in [9.17, 15) is 0 Å². The van der Waals surface area contributed by atoms with E-state index in [0.717, 1.165) is 6.42 Å². The first-order valence-corrected chi connectivity index (χ1v) is 4.07. The molecule has 0 amide bonds. The average molecular weight is 147 g/mol. The molecule has 0 aliphatic rings. The van der Waals surface area contributed by atoms with Crippen molar-refractivity contribution in [1.29, 1.82) is 0 Å². The summed E-state index contributed by atoms with van der Waals surface area (Å²) >= 11 is 0. The summed E-state index contributed by atoms with van der Waals surface area (Å²) < 4.78 is 0. The lowest BCUT2D eigenvalue weighted by molar-refractivity contribution is 1.10. The Morgan fingerprint density at radius 3 is 2.45 bits per heavy atom. The van der Waals surface area contributed by atoms with Crippen molar-refractivity contribution in [2.45, 2.75) is 27.2 Å². The van der Waals surface area contributed by atoms with Crippen LogP contribution in [-0.2, 0) is 6.42 Å². The Labute approximate surface area is 69.3 Å². The molecule has 0 unspecified atom stereocenters. The second-order valence-corrected chi connectivity index (χ2v) is 3.07. The molecule has 0 spiro atoms. The molecule has 0 bridgehead atoms. The molecule has 0 saturated heterocycles. The minimum atomic E-state index is 1.08. The molecule has 0 aliphatic heterocycles. The Balaban J connectivity index is 3.24. The number of hydrogen-bond acceptors (Lipinski definition) is 0. The van der Waals surface area contributed by atoms with Crippen molar-refractivity contribution in [1.82, 2.24) is 0 Å². The fourth-order valence-electron chi connectivity index (χ4n) is 1.40. The molecule has 1 radical (unpaired) electrons. The molecule has 1 rings (SSSR count). The molecule has 0 N–H and O–H groups in total. The smallest absolute Gasteiger partial charge is 0.0233 e. The van der Waals surface area contributed by atoms with E-state index in [0.29, 0.717) is 0 Å². The van der Waals surface area contributed by atoms with Crippen molar-refractivity contribution >= 4 is 0 Å². The highest BCUT2D eigenvalue weighted by Crippen LogP contribution is 2.15. The predicted molar refractivity (Wildman–Crippen MR) is 49.8 cm³/mol. The highest BCUT2D eigenvalue weighted by atomic mass is 14.0. The van der Waals surface area contributed by atoms with Gasteiger partial charge in [0.1, 0.15) is 0 Å². The molecular weight excluding hydrogens is 132 g/mol. The van der Waals surface area contributed by atoms with Crippen molar-refractivity contribution in [3.8, 4) is 0 Å². The number of benzene rings is 1. The van der Waals surface area contributed by atoms with Crippen LogP contribution in [0.3, 0.4) is 0 Å². The van der Waals surface area contributed by atoms with Crippen LogP contribution in [0.4, 0.5) is 0 Å². The van der Waals surface area contributed by atoms with Crippen LogP contribution >= 0.6 is 0 Å². The highest BCUT2D eigenvalue weighted by Gasteiger charge is 1.99. The third-order valence-corrected chi connectivity index (χ3v) is 2.09. The van der Waals surface area contributed by atoms with Gasteiger partial charge >= 0.3 is 0 Å². The van der Waals surface area contributed by atoms with E-state index >= 15 is 0 Å². The van der Waals surface area contributed by atoms with Gasteiger partial charge in [-0.25, -0.2) is 0 Å². The van der Waals surface area contributed by atoms with Crippen LogP contribution in [0.2, 0.25) is 0 Å². The summed E-state index contributed by atoms with van der Waals surface area (Å²) in [4.78, 5) is 0. The van der Waals surface area contributed by atoms with E-state index in [-0.39, 0.29) is 0 Å². The summed E-state index contributed by atoms with van der Waals surface area (Å²) in [5.41, 5.74) is 5.23. The van der Waals surface area contributed by atoms with Crippen LogP contribution in [0.1, 0.15) is 29.2 Å². The minimum Gasteiger partial charge on any atom is -0.0613 e. The lowest BCUT2D eigenvalue weighted by Gasteiger charge is -2.07. The largest absolute Gasteiger partial charge is 0.0613 e. The summed E-state index contributed by atoms with van der Waals surface area (Å²) in [6, 6.07) is 4.40. The van der Waals surface area contributed by atoms with Gasteiger partial charge in [-0.05, 0) is 43.9 Å². The van der Waals surface area contributed by atoms with Gasteiger partial charge in [-0.15, -0.1) is 0 Å². The van der Waals surface area contributed by atoms with Gasteiger partial charge < -0.3 is 0 Å². The molecular formula is C11H15. The van der Waals surface area contributed by atoms with E-state index in [1.807, 2.05) is 0 Å². The molecule has 0 saturated carbocycles. The van der Waals surface area contributed by atoms with Crippen LogP contribution in [0.15, 0.2) is 12.1 Å². The molecule has 0 nitrogen and oxygen atoms in total. The molecule has 0 heterocycles. The van der Waals surface area contributed by atoms with Gasteiger partial charge in [0.15, 0.2) is 0 Å². The van der Waals surface area contributed by atoms with Crippen molar-refractivity contribution < 1.29 is 0 Å². The summed E-state index contributed by atoms with van der Waals surface area (Å²) in [5.74, 6) is 0. The summed E-state index contributed by atoms with van der Waals surface area (Å²) in [6.07, 6.45) is 1.08. The van der Waals surface area contributed by atoms with Crippen molar-refractivity contribution in [2.24, 2.45) is 0 Å². The van der Waals surface area contributed by atoms with Gasteiger partial charge in [-0.2, -0.15) is 0 Å². The van der Waals surface area contributed by atoms with Gasteiger partial charge in [0.25, 0.3) is 0 Å². The van der Waals surface area contributed by atoms with Gasteiger partial charge in [0.05, 0.1) is 0 Å². The monoisotopic (exact) mass is 147 g/mol. The van der Waals surface area contributed by atoms with E-state index < -0.39 is 0 Å². The van der Waals surface area contributed by atoms with E-state index in [1.54, 1.807) is 0 Å². The Bertz CT molecular complexity index is 259. The number of aryl methyl sites for hydroxylation is 3. The number of hydrogen-bond donors (Lipinski definition) is 0. The van der Waals surface area contributed by atoms with Crippen molar-refractivity contribution in [2.75, 3.05) is 0 Å². The fraction of sp³-hybridized carbons (Fsp3) is 0.364.